The highest BCUT2D eigenvalue weighted by atomic mass is 16.5. The highest BCUT2D eigenvalue weighted by molar-refractivity contribution is 5.30. The summed E-state index contributed by atoms with van der Waals surface area (Å²) in [4.78, 5) is 4.19. The number of rotatable bonds is 6. The van der Waals surface area contributed by atoms with E-state index in [0.717, 1.165) is 12.2 Å². The van der Waals surface area contributed by atoms with Crippen molar-refractivity contribution in [2.75, 3.05) is 0 Å². The van der Waals surface area contributed by atoms with Gasteiger partial charge in [-0.2, -0.15) is 0 Å². The van der Waals surface area contributed by atoms with Gasteiger partial charge < -0.3 is 9.84 Å². The minimum Gasteiger partial charge on any atom is -0.439 e. The van der Waals surface area contributed by atoms with Crippen LogP contribution in [0.2, 0.25) is 0 Å². The summed E-state index contributed by atoms with van der Waals surface area (Å²) in [6.07, 6.45) is 3.52. The molecule has 0 aliphatic heterocycles. The summed E-state index contributed by atoms with van der Waals surface area (Å²) in [6.45, 7) is 2.12. The number of aromatic nitrogens is 1. The van der Waals surface area contributed by atoms with Gasteiger partial charge in [-0.1, -0.05) is 31.5 Å². The third-order valence-corrected chi connectivity index (χ3v) is 2.91. The Labute approximate surface area is 113 Å². The van der Waals surface area contributed by atoms with E-state index in [1.54, 1.807) is 12.1 Å². The molecule has 3 nitrogen and oxygen atoms in total. The number of pyridine rings is 1. The molecule has 0 aliphatic rings. The Balaban J connectivity index is 2.02. The summed E-state index contributed by atoms with van der Waals surface area (Å²) in [5.74, 6) is 1.27. The number of aliphatic hydroxyl groups excluding tert-OH is 1. The Morgan fingerprint density at radius 2 is 1.89 bits per heavy atom. The van der Waals surface area contributed by atoms with Crippen molar-refractivity contribution >= 4 is 0 Å². The summed E-state index contributed by atoms with van der Waals surface area (Å²) >= 11 is 0. The van der Waals surface area contributed by atoms with E-state index in [0.29, 0.717) is 11.6 Å². The Bertz CT molecular complexity index is 508. The fourth-order valence-corrected chi connectivity index (χ4v) is 1.83. The van der Waals surface area contributed by atoms with Gasteiger partial charge in [-0.05, 0) is 36.6 Å². The molecule has 0 amide bonds. The molecule has 100 valence electrons. The van der Waals surface area contributed by atoms with Gasteiger partial charge in [-0.15, -0.1) is 0 Å². The van der Waals surface area contributed by atoms with E-state index < -0.39 is 0 Å². The summed E-state index contributed by atoms with van der Waals surface area (Å²) in [5, 5.41) is 9.03. The second-order valence-corrected chi connectivity index (χ2v) is 4.47. The number of benzene rings is 1. The first kappa shape index (κ1) is 13.6. The van der Waals surface area contributed by atoms with Gasteiger partial charge in [-0.3, -0.25) is 0 Å². The number of aliphatic hydroxyl groups is 1. The molecule has 1 aromatic carbocycles. The third kappa shape index (κ3) is 4.07. The van der Waals surface area contributed by atoms with E-state index >= 15 is 0 Å². The summed E-state index contributed by atoms with van der Waals surface area (Å²) < 4.78 is 5.66. The molecule has 0 atom stereocenters. The molecule has 2 rings (SSSR count). The average molecular weight is 257 g/mol. The molecular weight excluding hydrogens is 238 g/mol. The maximum Gasteiger partial charge on any atom is 0.219 e. The molecule has 19 heavy (non-hydrogen) atoms. The molecule has 1 heterocycles. The quantitative estimate of drug-likeness (QED) is 0.857. The molecule has 0 spiro atoms. The van der Waals surface area contributed by atoms with E-state index in [-0.39, 0.29) is 6.61 Å². The summed E-state index contributed by atoms with van der Waals surface area (Å²) in [7, 11) is 0. The first-order chi connectivity index (χ1) is 9.31. The standard InChI is InChI=1S/C16H19NO2/c1-2-3-5-13-8-10-15(11-9-13)19-16-7-4-6-14(12-18)17-16/h4,6-11,18H,2-3,5,12H2,1H3. The second-order valence-electron chi connectivity index (χ2n) is 4.47. The van der Waals surface area contributed by atoms with Crippen LogP contribution in [0.25, 0.3) is 0 Å². The molecule has 2 aromatic rings. The molecule has 3 heteroatoms. The van der Waals surface area contributed by atoms with Crippen molar-refractivity contribution in [3.63, 3.8) is 0 Å². The fraction of sp³-hybridized carbons (Fsp3) is 0.312. The molecule has 1 aromatic heterocycles. The summed E-state index contributed by atoms with van der Waals surface area (Å²) in [5.41, 5.74) is 1.93. The van der Waals surface area contributed by atoms with Gasteiger partial charge in [0, 0.05) is 6.07 Å². The molecule has 0 aliphatic carbocycles. The third-order valence-electron chi connectivity index (χ3n) is 2.91. The minimum atomic E-state index is -0.0762. The molecule has 0 unspecified atom stereocenters. The van der Waals surface area contributed by atoms with Gasteiger partial charge in [0.1, 0.15) is 5.75 Å². The zero-order valence-electron chi connectivity index (χ0n) is 11.2. The molecule has 0 saturated carbocycles. The first-order valence-electron chi connectivity index (χ1n) is 6.65. The van der Waals surface area contributed by atoms with Crippen molar-refractivity contribution in [3.05, 3.63) is 53.7 Å². The maximum atomic E-state index is 9.03. The van der Waals surface area contributed by atoms with E-state index in [1.807, 2.05) is 18.2 Å². The molecule has 0 radical (unpaired) electrons. The van der Waals surface area contributed by atoms with E-state index in [4.69, 9.17) is 9.84 Å². The molecular formula is C16H19NO2. The van der Waals surface area contributed by atoms with Crippen LogP contribution in [0.3, 0.4) is 0 Å². The zero-order valence-corrected chi connectivity index (χ0v) is 11.2. The van der Waals surface area contributed by atoms with Gasteiger partial charge in [0.2, 0.25) is 5.88 Å². The van der Waals surface area contributed by atoms with Crippen LogP contribution in [0.5, 0.6) is 11.6 Å². The lowest BCUT2D eigenvalue weighted by atomic mass is 10.1. The van der Waals surface area contributed by atoms with Crippen molar-refractivity contribution in [3.8, 4) is 11.6 Å². The Morgan fingerprint density at radius 1 is 1.11 bits per heavy atom. The Kier molecular flexibility index (Phi) is 4.93. The normalized spacial score (nSPS) is 10.4. The van der Waals surface area contributed by atoms with Crippen molar-refractivity contribution in [2.24, 2.45) is 0 Å². The number of ether oxygens (including phenoxy) is 1. The van der Waals surface area contributed by atoms with Crippen LogP contribution in [-0.2, 0) is 13.0 Å². The Hall–Kier alpha value is -1.87. The zero-order chi connectivity index (χ0) is 13.5. The van der Waals surface area contributed by atoms with E-state index in [1.165, 1.54) is 18.4 Å². The number of hydrogen-bond donors (Lipinski definition) is 1. The lowest BCUT2D eigenvalue weighted by molar-refractivity contribution is 0.275. The predicted molar refractivity (Wildman–Crippen MR) is 75.3 cm³/mol. The highest BCUT2D eigenvalue weighted by Crippen LogP contribution is 2.20. The van der Waals surface area contributed by atoms with Crippen molar-refractivity contribution in [1.29, 1.82) is 0 Å². The van der Waals surface area contributed by atoms with Crippen LogP contribution in [0.4, 0.5) is 0 Å². The lowest BCUT2D eigenvalue weighted by Crippen LogP contribution is -1.93. The maximum absolute atomic E-state index is 9.03. The van der Waals surface area contributed by atoms with Crippen molar-refractivity contribution in [2.45, 2.75) is 32.8 Å². The molecule has 0 bridgehead atoms. The topological polar surface area (TPSA) is 42.4 Å². The van der Waals surface area contributed by atoms with Gasteiger partial charge in [-0.25, -0.2) is 4.98 Å². The van der Waals surface area contributed by atoms with Crippen LogP contribution < -0.4 is 4.74 Å². The van der Waals surface area contributed by atoms with E-state index in [9.17, 15) is 0 Å². The first-order valence-corrected chi connectivity index (χ1v) is 6.65. The molecule has 0 saturated heterocycles. The average Bonchev–Trinajstić information content (AvgIpc) is 2.47. The minimum absolute atomic E-state index is 0.0762. The van der Waals surface area contributed by atoms with Crippen molar-refractivity contribution < 1.29 is 9.84 Å². The van der Waals surface area contributed by atoms with Crippen LogP contribution >= 0.6 is 0 Å². The lowest BCUT2D eigenvalue weighted by Gasteiger charge is -2.06. The SMILES string of the molecule is CCCCc1ccc(Oc2cccc(CO)n2)cc1. The largest absolute Gasteiger partial charge is 0.439 e. The summed E-state index contributed by atoms with van der Waals surface area (Å²) in [6, 6.07) is 13.5. The van der Waals surface area contributed by atoms with Gasteiger partial charge in [0.25, 0.3) is 0 Å². The van der Waals surface area contributed by atoms with Gasteiger partial charge in [0.15, 0.2) is 0 Å². The van der Waals surface area contributed by atoms with Crippen LogP contribution in [-0.4, -0.2) is 10.1 Å². The highest BCUT2D eigenvalue weighted by Gasteiger charge is 2.00. The van der Waals surface area contributed by atoms with Crippen molar-refractivity contribution in [1.82, 2.24) is 4.98 Å². The number of nitrogens with zero attached hydrogens (tertiary/aromatic N) is 1. The van der Waals surface area contributed by atoms with Gasteiger partial charge >= 0.3 is 0 Å². The fourth-order valence-electron chi connectivity index (χ4n) is 1.83. The second kappa shape index (κ2) is 6.90. The van der Waals surface area contributed by atoms with Crippen LogP contribution in [0, 0.1) is 0 Å². The number of aryl methyl sites for hydroxylation is 1. The van der Waals surface area contributed by atoms with E-state index in [2.05, 4.69) is 24.0 Å². The number of hydrogen-bond acceptors (Lipinski definition) is 3. The van der Waals surface area contributed by atoms with Crippen LogP contribution in [0.1, 0.15) is 31.0 Å². The van der Waals surface area contributed by atoms with Gasteiger partial charge in [0.05, 0.1) is 12.3 Å². The molecule has 1 N–H and O–H groups in total. The van der Waals surface area contributed by atoms with Crippen LogP contribution in [0.15, 0.2) is 42.5 Å². The predicted octanol–water partition coefficient (Wildman–Crippen LogP) is 3.71. The smallest absolute Gasteiger partial charge is 0.219 e. The molecule has 0 fully saturated rings. The number of unbranched alkanes of at least 4 members (excludes halogenated alkanes) is 1. The monoisotopic (exact) mass is 257 g/mol. The Morgan fingerprint density at radius 3 is 2.58 bits per heavy atom.